The van der Waals surface area contributed by atoms with Gasteiger partial charge in [0.05, 0.1) is 10.7 Å². The van der Waals surface area contributed by atoms with Gasteiger partial charge in [-0.25, -0.2) is 9.53 Å². The monoisotopic (exact) mass is 224 g/mol. The molecule has 0 aliphatic heterocycles. The lowest BCUT2D eigenvalue weighted by atomic mass is 10.3. The molecule has 0 aromatic heterocycles. The summed E-state index contributed by atoms with van der Waals surface area (Å²) in [5, 5.41) is 4.64. The quantitative estimate of drug-likeness (QED) is 0.790. The Morgan fingerprint density at radius 2 is 2.08 bits per heavy atom. The lowest BCUT2D eigenvalue weighted by Crippen LogP contribution is -2.21. The van der Waals surface area contributed by atoms with Crippen LogP contribution in [0.25, 0.3) is 0 Å². The molecule has 4 nitrogen and oxygen atoms in total. The predicted octanol–water partition coefficient (Wildman–Crippen LogP) is 1.09. The van der Waals surface area contributed by atoms with Crippen molar-refractivity contribution in [3.05, 3.63) is 29.0 Å². The largest absolute Gasteiger partial charge is 0.296 e. The second-order valence-corrected chi connectivity index (χ2v) is 3.97. The van der Waals surface area contributed by atoms with Crippen molar-refractivity contribution in [2.24, 2.45) is 5.14 Å². The van der Waals surface area contributed by atoms with Gasteiger partial charge in [0, 0.05) is 0 Å². The second-order valence-electron chi connectivity index (χ2n) is 2.27. The molecule has 0 heterocycles. The van der Waals surface area contributed by atoms with Crippen molar-refractivity contribution < 1.29 is 12.8 Å². The standard InChI is InChI=1S/C6H6ClFN2O2S/c7-5-3-4(8)1-2-6(5)10-13(9,11)12/h1-3,10H,(H2,9,11,12). The van der Waals surface area contributed by atoms with Crippen molar-refractivity contribution in [3.8, 4) is 0 Å². The molecule has 1 aromatic carbocycles. The van der Waals surface area contributed by atoms with Gasteiger partial charge in [-0.1, -0.05) is 11.6 Å². The minimum atomic E-state index is -3.87. The fraction of sp³-hybridized carbons (Fsp3) is 0. The SMILES string of the molecule is NS(=O)(=O)Nc1ccc(F)cc1Cl. The molecular weight excluding hydrogens is 219 g/mol. The Kier molecular flexibility index (Phi) is 2.74. The Labute approximate surface area is 79.7 Å². The fourth-order valence-electron chi connectivity index (χ4n) is 0.726. The van der Waals surface area contributed by atoms with Crippen LogP contribution < -0.4 is 9.86 Å². The van der Waals surface area contributed by atoms with Crippen molar-refractivity contribution >= 4 is 27.5 Å². The molecule has 3 N–H and O–H groups in total. The average molecular weight is 225 g/mol. The van der Waals surface area contributed by atoms with Gasteiger partial charge >= 0.3 is 0 Å². The molecular formula is C6H6ClFN2O2S. The zero-order valence-electron chi connectivity index (χ0n) is 6.29. The number of rotatable bonds is 2. The highest BCUT2D eigenvalue weighted by Gasteiger charge is 2.06. The zero-order valence-corrected chi connectivity index (χ0v) is 7.86. The van der Waals surface area contributed by atoms with Gasteiger partial charge in [0.1, 0.15) is 5.82 Å². The molecule has 0 saturated carbocycles. The van der Waals surface area contributed by atoms with Gasteiger partial charge in [-0.3, -0.25) is 4.72 Å². The van der Waals surface area contributed by atoms with E-state index < -0.39 is 16.0 Å². The number of nitrogens with two attached hydrogens (primary N) is 1. The maximum atomic E-state index is 12.5. The van der Waals surface area contributed by atoms with Crippen LogP contribution in [0.15, 0.2) is 18.2 Å². The number of benzene rings is 1. The Morgan fingerprint density at radius 1 is 1.46 bits per heavy atom. The van der Waals surface area contributed by atoms with Gasteiger partial charge in [0.15, 0.2) is 0 Å². The van der Waals surface area contributed by atoms with Crippen molar-refractivity contribution in [1.82, 2.24) is 0 Å². The third-order valence-corrected chi connectivity index (χ3v) is 2.00. The third-order valence-electron chi connectivity index (χ3n) is 1.18. The van der Waals surface area contributed by atoms with Crippen molar-refractivity contribution in [1.29, 1.82) is 0 Å². The Bertz CT molecular complexity index is 421. The average Bonchev–Trinajstić information content (AvgIpc) is 1.93. The number of anilines is 1. The molecule has 0 atom stereocenters. The third kappa shape index (κ3) is 3.17. The Hall–Kier alpha value is -0.850. The van der Waals surface area contributed by atoms with Crippen LogP contribution in [0.2, 0.25) is 5.02 Å². The summed E-state index contributed by atoms with van der Waals surface area (Å²) in [5.41, 5.74) is 0.0468. The van der Waals surface area contributed by atoms with E-state index in [0.29, 0.717) is 0 Å². The van der Waals surface area contributed by atoms with Crippen LogP contribution in [0.4, 0.5) is 10.1 Å². The smallest absolute Gasteiger partial charge is 0.270 e. The van der Waals surface area contributed by atoms with Gasteiger partial charge in [0.25, 0.3) is 10.2 Å². The van der Waals surface area contributed by atoms with Gasteiger partial charge in [-0.2, -0.15) is 8.42 Å². The molecule has 72 valence electrons. The maximum absolute atomic E-state index is 12.5. The molecule has 0 saturated heterocycles. The van der Waals surface area contributed by atoms with Crippen molar-refractivity contribution in [3.63, 3.8) is 0 Å². The molecule has 0 amide bonds. The summed E-state index contributed by atoms with van der Waals surface area (Å²) in [6.45, 7) is 0. The Morgan fingerprint density at radius 3 is 2.54 bits per heavy atom. The first-order chi connectivity index (χ1) is 5.88. The summed E-state index contributed by atoms with van der Waals surface area (Å²) in [5.74, 6) is -0.551. The summed E-state index contributed by atoms with van der Waals surface area (Å²) in [4.78, 5) is 0. The lowest BCUT2D eigenvalue weighted by Gasteiger charge is -2.04. The topological polar surface area (TPSA) is 72.2 Å². The first-order valence-electron chi connectivity index (χ1n) is 3.14. The van der Waals surface area contributed by atoms with Gasteiger partial charge in [-0.05, 0) is 18.2 Å². The van der Waals surface area contributed by atoms with Crippen LogP contribution in [-0.2, 0) is 10.2 Å². The van der Waals surface area contributed by atoms with Crippen LogP contribution in [0.3, 0.4) is 0 Å². The van der Waals surface area contributed by atoms with E-state index in [2.05, 4.69) is 5.14 Å². The first-order valence-corrected chi connectivity index (χ1v) is 5.06. The summed E-state index contributed by atoms with van der Waals surface area (Å²) in [6, 6.07) is 3.23. The summed E-state index contributed by atoms with van der Waals surface area (Å²) >= 11 is 5.51. The molecule has 1 aromatic rings. The van der Waals surface area contributed by atoms with E-state index in [1.165, 1.54) is 6.07 Å². The molecule has 0 spiro atoms. The molecule has 0 fully saturated rings. The molecule has 1 rings (SSSR count). The van der Waals surface area contributed by atoms with Gasteiger partial charge in [0.2, 0.25) is 0 Å². The van der Waals surface area contributed by atoms with E-state index in [0.717, 1.165) is 12.1 Å². The van der Waals surface area contributed by atoms with Crippen LogP contribution in [0, 0.1) is 5.82 Å². The van der Waals surface area contributed by atoms with E-state index in [9.17, 15) is 12.8 Å². The van der Waals surface area contributed by atoms with E-state index in [-0.39, 0.29) is 10.7 Å². The number of halogens is 2. The Balaban J connectivity index is 3.04. The normalized spacial score (nSPS) is 11.3. The summed E-state index contributed by atoms with van der Waals surface area (Å²) in [6.07, 6.45) is 0. The highest BCUT2D eigenvalue weighted by molar-refractivity contribution is 7.90. The van der Waals surface area contributed by atoms with E-state index in [1.54, 1.807) is 0 Å². The first kappa shape index (κ1) is 10.2. The molecule has 0 unspecified atom stereocenters. The van der Waals surface area contributed by atoms with Crippen LogP contribution in [0.1, 0.15) is 0 Å². The minimum Gasteiger partial charge on any atom is -0.270 e. The van der Waals surface area contributed by atoms with E-state index in [4.69, 9.17) is 11.6 Å². The number of hydrogen-bond donors (Lipinski definition) is 2. The lowest BCUT2D eigenvalue weighted by molar-refractivity contribution is 0.602. The van der Waals surface area contributed by atoms with Crippen LogP contribution in [0.5, 0.6) is 0 Å². The number of nitrogens with one attached hydrogen (secondary N) is 1. The molecule has 0 bridgehead atoms. The van der Waals surface area contributed by atoms with Crippen LogP contribution in [-0.4, -0.2) is 8.42 Å². The van der Waals surface area contributed by atoms with Crippen LogP contribution >= 0.6 is 11.6 Å². The van der Waals surface area contributed by atoms with Crippen molar-refractivity contribution in [2.75, 3.05) is 4.72 Å². The number of hydrogen-bond acceptors (Lipinski definition) is 2. The van der Waals surface area contributed by atoms with Gasteiger partial charge < -0.3 is 0 Å². The van der Waals surface area contributed by atoms with E-state index >= 15 is 0 Å². The maximum Gasteiger partial charge on any atom is 0.296 e. The summed E-state index contributed by atoms with van der Waals surface area (Å²) in [7, 11) is -3.87. The minimum absolute atomic E-state index is 0.0468. The highest BCUT2D eigenvalue weighted by Crippen LogP contribution is 2.22. The predicted molar refractivity (Wildman–Crippen MR) is 48.1 cm³/mol. The fourth-order valence-corrected chi connectivity index (χ4v) is 1.48. The molecule has 13 heavy (non-hydrogen) atoms. The van der Waals surface area contributed by atoms with Crippen molar-refractivity contribution in [2.45, 2.75) is 0 Å². The zero-order chi connectivity index (χ0) is 10.1. The van der Waals surface area contributed by atoms with E-state index in [1.807, 2.05) is 4.72 Å². The molecule has 0 radical (unpaired) electrons. The molecule has 0 aliphatic rings. The highest BCUT2D eigenvalue weighted by atomic mass is 35.5. The summed E-state index contributed by atoms with van der Waals surface area (Å²) < 4.78 is 35.5. The molecule has 0 aliphatic carbocycles. The van der Waals surface area contributed by atoms with Gasteiger partial charge in [-0.15, -0.1) is 0 Å². The molecule has 7 heteroatoms. The second kappa shape index (κ2) is 3.49.